The number of benzene rings is 3. The number of carbonyl (C=O) groups excluding carboxylic acids is 2. The second kappa shape index (κ2) is 12.8. The highest BCUT2D eigenvalue weighted by Gasteiger charge is 2.27. The van der Waals surface area contributed by atoms with Crippen LogP contribution in [0.1, 0.15) is 5.56 Å². The molecule has 0 aromatic heterocycles. The minimum atomic E-state index is -4.14. The molecule has 13 heteroatoms. The van der Waals surface area contributed by atoms with Crippen molar-refractivity contribution in [1.82, 2.24) is 5.43 Å². The summed E-state index contributed by atoms with van der Waals surface area (Å²) in [5, 5.41) is 4.30. The quantitative estimate of drug-likeness (QED) is 0.171. The van der Waals surface area contributed by atoms with E-state index in [4.69, 9.17) is 25.8 Å². The summed E-state index contributed by atoms with van der Waals surface area (Å²) in [6, 6.07) is 16.3. The van der Waals surface area contributed by atoms with Crippen molar-refractivity contribution in [3.8, 4) is 17.2 Å². The molecule has 0 aliphatic rings. The van der Waals surface area contributed by atoms with Crippen LogP contribution in [-0.4, -0.2) is 54.6 Å². The number of nitrogens with one attached hydrogen (secondary N) is 1. The molecule has 0 bridgehead atoms. The van der Waals surface area contributed by atoms with E-state index in [0.29, 0.717) is 16.3 Å². The van der Waals surface area contributed by atoms with Gasteiger partial charge in [-0.3, -0.25) is 9.10 Å². The topological polar surface area (TPSA) is 133 Å². The van der Waals surface area contributed by atoms with Gasteiger partial charge >= 0.3 is 6.16 Å². The number of nitrogens with zero attached hydrogens (tertiary/aromatic N) is 2. The molecule has 38 heavy (non-hydrogen) atoms. The highest BCUT2D eigenvalue weighted by molar-refractivity contribution is 7.92. The minimum Gasteiger partial charge on any atom is -0.497 e. The van der Waals surface area contributed by atoms with Crippen molar-refractivity contribution in [3.63, 3.8) is 0 Å². The molecule has 0 fully saturated rings. The largest absolute Gasteiger partial charge is 0.513 e. The van der Waals surface area contributed by atoms with Crippen molar-refractivity contribution in [2.45, 2.75) is 4.90 Å². The van der Waals surface area contributed by atoms with Crippen LogP contribution in [0.25, 0.3) is 0 Å². The van der Waals surface area contributed by atoms with Crippen LogP contribution in [0.3, 0.4) is 0 Å². The lowest BCUT2D eigenvalue weighted by atomic mass is 10.2. The lowest BCUT2D eigenvalue weighted by molar-refractivity contribution is -0.119. The molecule has 0 aliphatic heterocycles. The van der Waals surface area contributed by atoms with E-state index in [1.807, 2.05) is 0 Å². The number of ether oxygens (including phenoxy) is 4. The number of carbonyl (C=O) groups is 2. The summed E-state index contributed by atoms with van der Waals surface area (Å²) in [6.45, 7) is -0.567. The lowest BCUT2D eigenvalue weighted by Crippen LogP contribution is -2.39. The number of hydrogen-bond donors (Lipinski definition) is 1. The fraction of sp³-hybridized carbons (Fsp3) is 0.160. The summed E-state index contributed by atoms with van der Waals surface area (Å²) in [5.74, 6) is 0.134. The van der Waals surface area contributed by atoms with E-state index in [0.717, 1.165) is 4.31 Å². The van der Waals surface area contributed by atoms with Crippen LogP contribution in [0, 0.1) is 0 Å². The maximum atomic E-state index is 13.4. The van der Waals surface area contributed by atoms with Gasteiger partial charge in [0.15, 0.2) is 11.5 Å². The Balaban J connectivity index is 1.78. The van der Waals surface area contributed by atoms with Crippen LogP contribution in [0.5, 0.6) is 17.2 Å². The van der Waals surface area contributed by atoms with Crippen molar-refractivity contribution in [2.24, 2.45) is 5.10 Å². The number of hydrogen-bond acceptors (Lipinski definition) is 9. The van der Waals surface area contributed by atoms with Gasteiger partial charge in [-0.15, -0.1) is 0 Å². The van der Waals surface area contributed by atoms with Gasteiger partial charge in [-0.05, 0) is 72.3 Å². The highest BCUT2D eigenvalue weighted by atomic mass is 35.5. The third-order valence-corrected chi connectivity index (χ3v) is 7.04. The molecule has 3 aromatic rings. The Bertz CT molecular complexity index is 1410. The lowest BCUT2D eigenvalue weighted by Gasteiger charge is -2.23. The van der Waals surface area contributed by atoms with E-state index in [1.165, 1.54) is 88.2 Å². The second-order valence-electron chi connectivity index (χ2n) is 7.42. The molecular formula is C25H24ClN3O8S. The van der Waals surface area contributed by atoms with E-state index in [1.54, 1.807) is 6.07 Å². The first-order valence-corrected chi connectivity index (χ1v) is 12.7. The first-order chi connectivity index (χ1) is 18.2. The fourth-order valence-electron chi connectivity index (χ4n) is 3.12. The van der Waals surface area contributed by atoms with E-state index in [-0.39, 0.29) is 22.1 Å². The highest BCUT2D eigenvalue weighted by Crippen LogP contribution is 2.28. The zero-order chi connectivity index (χ0) is 27.7. The van der Waals surface area contributed by atoms with Crippen LogP contribution in [-0.2, 0) is 19.6 Å². The Labute approximate surface area is 224 Å². The van der Waals surface area contributed by atoms with Gasteiger partial charge in [0.25, 0.3) is 15.9 Å². The van der Waals surface area contributed by atoms with Gasteiger partial charge in [-0.1, -0.05) is 11.6 Å². The number of sulfonamides is 1. The molecule has 11 nitrogen and oxygen atoms in total. The number of amides is 1. The second-order valence-corrected chi connectivity index (χ2v) is 9.72. The number of methoxy groups -OCH3 is 3. The first-order valence-electron chi connectivity index (χ1n) is 10.9. The molecule has 0 saturated heterocycles. The molecule has 200 valence electrons. The zero-order valence-electron chi connectivity index (χ0n) is 20.6. The molecule has 0 aliphatic carbocycles. The SMILES string of the molecule is COC(=O)Oc1ccc(C=NNC(=O)CN(c2ccc(Cl)cc2)S(=O)(=O)c2ccc(OC)cc2)cc1OC. The Morgan fingerprint density at radius 2 is 1.63 bits per heavy atom. The minimum absolute atomic E-state index is 0.0362. The number of rotatable bonds is 10. The summed E-state index contributed by atoms with van der Waals surface area (Å²) in [6.07, 6.45) is 0.402. The molecule has 0 unspecified atom stereocenters. The van der Waals surface area contributed by atoms with Crippen molar-refractivity contribution in [1.29, 1.82) is 0 Å². The van der Waals surface area contributed by atoms with Gasteiger partial charge in [0.1, 0.15) is 12.3 Å². The molecule has 1 N–H and O–H groups in total. The normalized spacial score (nSPS) is 11.1. The Morgan fingerprint density at radius 3 is 2.24 bits per heavy atom. The summed E-state index contributed by atoms with van der Waals surface area (Å²) < 4.78 is 47.5. The monoisotopic (exact) mass is 561 g/mol. The fourth-order valence-corrected chi connectivity index (χ4v) is 4.67. The molecule has 0 radical (unpaired) electrons. The van der Waals surface area contributed by atoms with Crippen LogP contribution in [0.15, 0.2) is 76.7 Å². The Kier molecular flexibility index (Phi) is 9.52. The summed E-state index contributed by atoms with van der Waals surface area (Å²) in [4.78, 5) is 24.0. The number of halogens is 1. The number of hydrazone groups is 1. The standard InChI is InChI=1S/C25H24ClN3O8S/c1-34-20-9-11-21(12-10-20)38(32,33)29(19-7-5-18(26)6-8-19)16-24(30)28-27-15-17-4-13-22(23(14-17)35-2)37-25(31)36-3/h4-15H,16H2,1-3H3,(H,28,30). The Morgan fingerprint density at radius 1 is 0.947 bits per heavy atom. The average Bonchev–Trinajstić information content (AvgIpc) is 2.92. The van der Waals surface area contributed by atoms with Crippen LogP contribution < -0.4 is 23.9 Å². The molecular weight excluding hydrogens is 538 g/mol. The van der Waals surface area contributed by atoms with Crippen molar-refractivity contribution >= 4 is 45.6 Å². The molecule has 3 aromatic carbocycles. The molecule has 0 atom stereocenters. The van der Waals surface area contributed by atoms with Gasteiger partial charge < -0.3 is 18.9 Å². The number of anilines is 1. The molecule has 0 saturated carbocycles. The van der Waals surface area contributed by atoms with E-state index < -0.39 is 28.6 Å². The van der Waals surface area contributed by atoms with Gasteiger partial charge in [-0.25, -0.2) is 18.6 Å². The van der Waals surface area contributed by atoms with Crippen LogP contribution >= 0.6 is 11.6 Å². The van der Waals surface area contributed by atoms with Gasteiger partial charge in [0.2, 0.25) is 0 Å². The molecule has 3 rings (SSSR count). The van der Waals surface area contributed by atoms with Crippen molar-refractivity contribution < 1.29 is 37.0 Å². The zero-order valence-corrected chi connectivity index (χ0v) is 22.2. The van der Waals surface area contributed by atoms with Crippen LogP contribution in [0.4, 0.5) is 10.5 Å². The van der Waals surface area contributed by atoms with Crippen molar-refractivity contribution in [2.75, 3.05) is 32.2 Å². The van der Waals surface area contributed by atoms with E-state index in [2.05, 4.69) is 15.3 Å². The van der Waals surface area contributed by atoms with Crippen LogP contribution in [0.2, 0.25) is 5.02 Å². The molecule has 0 spiro atoms. The first kappa shape index (κ1) is 28.3. The summed E-state index contributed by atoms with van der Waals surface area (Å²) in [7, 11) is -0.108. The predicted molar refractivity (Wildman–Crippen MR) is 141 cm³/mol. The van der Waals surface area contributed by atoms with E-state index >= 15 is 0 Å². The molecule has 1 amide bonds. The average molecular weight is 562 g/mol. The predicted octanol–water partition coefficient (Wildman–Crippen LogP) is 3.85. The van der Waals surface area contributed by atoms with Crippen molar-refractivity contribution in [3.05, 3.63) is 77.3 Å². The summed E-state index contributed by atoms with van der Waals surface area (Å²) in [5.41, 5.74) is 3.04. The van der Waals surface area contributed by atoms with E-state index in [9.17, 15) is 18.0 Å². The maximum Gasteiger partial charge on any atom is 0.513 e. The third-order valence-electron chi connectivity index (χ3n) is 5.00. The van der Waals surface area contributed by atoms with Gasteiger partial charge in [0.05, 0.1) is 38.1 Å². The molecule has 0 heterocycles. The smallest absolute Gasteiger partial charge is 0.497 e. The Hall–Kier alpha value is -4.29. The summed E-state index contributed by atoms with van der Waals surface area (Å²) >= 11 is 5.96. The third kappa shape index (κ3) is 7.14. The maximum absolute atomic E-state index is 13.4. The van der Waals surface area contributed by atoms with Gasteiger partial charge in [0, 0.05) is 5.02 Å². The van der Waals surface area contributed by atoms with Gasteiger partial charge in [-0.2, -0.15) is 5.10 Å².